The first-order chi connectivity index (χ1) is 10.4. The van der Waals surface area contributed by atoms with Crippen LogP contribution >= 0.6 is 0 Å². The van der Waals surface area contributed by atoms with Gasteiger partial charge in [0.05, 0.1) is 22.6 Å². The van der Waals surface area contributed by atoms with E-state index in [0.717, 1.165) is 12.1 Å². The van der Waals surface area contributed by atoms with Crippen LogP contribution in [-0.2, 0) is 0 Å². The summed E-state index contributed by atoms with van der Waals surface area (Å²) in [6, 6.07) is 8.20. The number of hydrogen-bond donors (Lipinski definition) is 1. The van der Waals surface area contributed by atoms with Crippen LogP contribution in [0.5, 0.6) is 0 Å². The molecule has 1 N–H and O–H groups in total. The Morgan fingerprint density at radius 1 is 1.27 bits per heavy atom. The summed E-state index contributed by atoms with van der Waals surface area (Å²) in [6.07, 6.45) is 0. The van der Waals surface area contributed by atoms with Gasteiger partial charge in [-0.05, 0) is 25.1 Å². The van der Waals surface area contributed by atoms with Gasteiger partial charge in [-0.2, -0.15) is 5.26 Å². The van der Waals surface area contributed by atoms with E-state index in [-0.39, 0.29) is 22.5 Å². The van der Waals surface area contributed by atoms with Crippen LogP contribution in [0, 0.1) is 33.1 Å². The summed E-state index contributed by atoms with van der Waals surface area (Å²) < 4.78 is 26.7. The van der Waals surface area contributed by atoms with Crippen LogP contribution in [0.25, 0.3) is 0 Å². The van der Waals surface area contributed by atoms with Crippen molar-refractivity contribution in [2.45, 2.75) is 13.0 Å². The molecule has 2 aromatic carbocycles. The first-order valence-electron chi connectivity index (χ1n) is 6.32. The summed E-state index contributed by atoms with van der Waals surface area (Å²) in [4.78, 5) is 10.4. The number of halogens is 2. The lowest BCUT2D eigenvalue weighted by Crippen LogP contribution is -2.10. The van der Waals surface area contributed by atoms with Gasteiger partial charge in [0.2, 0.25) is 0 Å². The third-order valence-electron chi connectivity index (χ3n) is 3.12. The van der Waals surface area contributed by atoms with Crippen molar-refractivity contribution in [3.63, 3.8) is 0 Å². The van der Waals surface area contributed by atoms with Crippen molar-refractivity contribution in [2.75, 3.05) is 5.32 Å². The zero-order valence-electron chi connectivity index (χ0n) is 11.5. The second-order valence-electron chi connectivity index (χ2n) is 4.63. The van der Waals surface area contributed by atoms with Crippen LogP contribution in [0.3, 0.4) is 0 Å². The van der Waals surface area contributed by atoms with Gasteiger partial charge in [-0.1, -0.05) is 6.07 Å². The van der Waals surface area contributed by atoms with Gasteiger partial charge < -0.3 is 5.32 Å². The highest BCUT2D eigenvalue weighted by Crippen LogP contribution is 2.30. The van der Waals surface area contributed by atoms with Gasteiger partial charge in [0.15, 0.2) is 0 Å². The minimum absolute atomic E-state index is 0.0975. The standard InChI is InChI=1S/C15H11F2N3O2/c1-9(12-4-3-11(16)7-13(12)17)19-14-6-10(8-18)2-5-15(14)20(21)22/h2-7,9,19H,1H3. The molecule has 0 saturated carbocycles. The van der Waals surface area contributed by atoms with E-state index in [9.17, 15) is 18.9 Å². The van der Waals surface area contributed by atoms with E-state index in [1.165, 1.54) is 24.3 Å². The fourth-order valence-corrected chi connectivity index (χ4v) is 2.04. The van der Waals surface area contributed by atoms with Crippen molar-refractivity contribution < 1.29 is 13.7 Å². The van der Waals surface area contributed by atoms with Gasteiger partial charge in [-0.15, -0.1) is 0 Å². The topological polar surface area (TPSA) is 79.0 Å². The number of nitrogens with zero attached hydrogens (tertiary/aromatic N) is 2. The smallest absolute Gasteiger partial charge is 0.292 e. The number of nitro benzene ring substituents is 1. The summed E-state index contributed by atoms with van der Waals surface area (Å²) >= 11 is 0. The fourth-order valence-electron chi connectivity index (χ4n) is 2.04. The normalized spacial score (nSPS) is 11.5. The zero-order chi connectivity index (χ0) is 16.3. The van der Waals surface area contributed by atoms with E-state index in [0.29, 0.717) is 0 Å². The van der Waals surface area contributed by atoms with Gasteiger partial charge >= 0.3 is 0 Å². The molecule has 0 radical (unpaired) electrons. The molecule has 0 fully saturated rings. The molecule has 2 rings (SSSR count). The van der Waals surface area contributed by atoms with Gasteiger partial charge in [-0.25, -0.2) is 8.78 Å². The number of anilines is 1. The van der Waals surface area contributed by atoms with Gasteiger partial charge in [-0.3, -0.25) is 10.1 Å². The van der Waals surface area contributed by atoms with E-state index in [4.69, 9.17) is 5.26 Å². The Hall–Kier alpha value is -3.01. The third-order valence-corrected chi connectivity index (χ3v) is 3.12. The van der Waals surface area contributed by atoms with Crippen molar-refractivity contribution in [1.29, 1.82) is 5.26 Å². The predicted octanol–water partition coefficient (Wildman–Crippen LogP) is 3.92. The minimum atomic E-state index is -0.751. The van der Waals surface area contributed by atoms with Crippen LogP contribution < -0.4 is 5.32 Å². The highest BCUT2D eigenvalue weighted by Gasteiger charge is 2.18. The van der Waals surface area contributed by atoms with Crippen molar-refractivity contribution in [1.82, 2.24) is 0 Å². The quantitative estimate of drug-likeness (QED) is 0.686. The molecule has 0 aliphatic carbocycles. The van der Waals surface area contributed by atoms with Crippen LogP contribution in [0.15, 0.2) is 36.4 Å². The van der Waals surface area contributed by atoms with Crippen molar-refractivity contribution >= 4 is 11.4 Å². The SMILES string of the molecule is CC(Nc1cc(C#N)ccc1[N+](=O)[O-])c1ccc(F)cc1F. The molecule has 0 heterocycles. The van der Waals surface area contributed by atoms with Crippen molar-refractivity contribution in [2.24, 2.45) is 0 Å². The second kappa shape index (κ2) is 6.18. The minimum Gasteiger partial charge on any atom is -0.373 e. The third kappa shape index (κ3) is 3.17. The number of nitrogens with one attached hydrogen (secondary N) is 1. The Bertz CT molecular complexity index is 772. The summed E-state index contributed by atoms with van der Waals surface area (Å²) in [6.45, 7) is 1.58. The molecular formula is C15H11F2N3O2. The number of benzene rings is 2. The highest BCUT2D eigenvalue weighted by atomic mass is 19.1. The largest absolute Gasteiger partial charge is 0.373 e. The molecule has 0 aliphatic heterocycles. The average molecular weight is 303 g/mol. The predicted molar refractivity (Wildman–Crippen MR) is 76.2 cm³/mol. The highest BCUT2D eigenvalue weighted by molar-refractivity contribution is 5.65. The summed E-state index contributed by atoms with van der Waals surface area (Å²) in [5.41, 5.74) is 0.270. The lowest BCUT2D eigenvalue weighted by Gasteiger charge is -2.16. The van der Waals surface area contributed by atoms with Crippen LogP contribution in [0.4, 0.5) is 20.2 Å². The molecule has 112 valence electrons. The molecule has 0 aliphatic rings. The molecule has 0 spiro atoms. The van der Waals surface area contributed by atoms with Gasteiger partial charge in [0, 0.05) is 17.7 Å². The molecule has 7 heteroatoms. The van der Waals surface area contributed by atoms with Gasteiger partial charge in [0.25, 0.3) is 5.69 Å². The molecular weight excluding hydrogens is 292 g/mol. The van der Waals surface area contributed by atoms with Crippen molar-refractivity contribution in [3.8, 4) is 6.07 Å². The van der Waals surface area contributed by atoms with Crippen molar-refractivity contribution in [3.05, 3.63) is 69.3 Å². The van der Waals surface area contributed by atoms with E-state index in [1.54, 1.807) is 6.92 Å². The molecule has 0 amide bonds. The van der Waals surface area contributed by atoms with Gasteiger partial charge in [0.1, 0.15) is 17.3 Å². The Morgan fingerprint density at radius 3 is 2.59 bits per heavy atom. The first-order valence-corrected chi connectivity index (χ1v) is 6.32. The zero-order valence-corrected chi connectivity index (χ0v) is 11.5. The van der Waals surface area contributed by atoms with Crippen LogP contribution in [-0.4, -0.2) is 4.92 Å². The molecule has 1 atom stereocenters. The van der Waals surface area contributed by atoms with Crippen LogP contribution in [0.1, 0.15) is 24.1 Å². The Morgan fingerprint density at radius 2 is 2.00 bits per heavy atom. The Labute approximate surface area is 125 Å². The van der Waals surface area contributed by atoms with E-state index in [2.05, 4.69) is 5.32 Å². The summed E-state index contributed by atoms with van der Waals surface area (Å²) in [7, 11) is 0. The maximum absolute atomic E-state index is 13.7. The molecule has 22 heavy (non-hydrogen) atoms. The number of rotatable bonds is 4. The maximum atomic E-state index is 13.7. The number of nitriles is 1. The Balaban J connectivity index is 2.37. The van der Waals surface area contributed by atoms with E-state index >= 15 is 0 Å². The number of nitro groups is 1. The summed E-state index contributed by atoms with van der Waals surface area (Å²) in [5, 5.41) is 22.7. The number of hydrogen-bond acceptors (Lipinski definition) is 4. The Kier molecular flexibility index (Phi) is 4.32. The van der Waals surface area contributed by atoms with E-state index < -0.39 is 22.6 Å². The average Bonchev–Trinajstić information content (AvgIpc) is 2.46. The first kappa shape index (κ1) is 15.4. The molecule has 0 bridgehead atoms. The van der Waals surface area contributed by atoms with E-state index in [1.807, 2.05) is 6.07 Å². The monoisotopic (exact) mass is 303 g/mol. The van der Waals surface area contributed by atoms with Crippen LogP contribution in [0.2, 0.25) is 0 Å². The molecule has 0 saturated heterocycles. The maximum Gasteiger partial charge on any atom is 0.292 e. The fraction of sp³-hybridized carbons (Fsp3) is 0.133. The molecule has 5 nitrogen and oxygen atoms in total. The summed E-state index contributed by atoms with van der Waals surface area (Å²) in [5.74, 6) is -1.45. The molecule has 0 aromatic heterocycles. The molecule has 1 unspecified atom stereocenters. The second-order valence-corrected chi connectivity index (χ2v) is 4.63. The lowest BCUT2D eigenvalue weighted by atomic mass is 10.1. The molecule has 2 aromatic rings. The lowest BCUT2D eigenvalue weighted by molar-refractivity contribution is -0.384.